The average Bonchev–Trinajstić information content (AvgIpc) is 2.96. The number of aromatic nitrogens is 3. The van der Waals surface area contributed by atoms with Crippen LogP contribution in [0.5, 0.6) is 0 Å². The Morgan fingerprint density at radius 2 is 1.96 bits per heavy atom. The molecule has 28 heavy (non-hydrogen) atoms. The molecule has 2 aromatic heterocycles. The minimum Gasteiger partial charge on any atom is -0.331 e. The number of aryl methyl sites for hydroxylation is 1. The van der Waals surface area contributed by atoms with Crippen molar-refractivity contribution in [2.45, 2.75) is 19.8 Å². The van der Waals surface area contributed by atoms with Crippen LogP contribution < -0.4 is 0 Å². The molecule has 0 atom stereocenters. The van der Waals surface area contributed by atoms with E-state index in [1.807, 2.05) is 42.9 Å². The molecule has 5 nitrogen and oxygen atoms in total. The highest BCUT2D eigenvalue weighted by molar-refractivity contribution is 5.88. The molecule has 1 aliphatic rings. The molecule has 1 saturated heterocycles. The molecule has 1 fully saturated rings. The number of hydrogen-bond acceptors (Lipinski definition) is 4. The highest BCUT2D eigenvalue weighted by Crippen LogP contribution is 2.26. The van der Waals surface area contributed by atoms with Gasteiger partial charge in [0.15, 0.2) is 0 Å². The first-order valence-electron chi connectivity index (χ1n) is 9.31. The second kappa shape index (κ2) is 7.39. The van der Waals surface area contributed by atoms with Crippen LogP contribution in [0.3, 0.4) is 0 Å². The first-order chi connectivity index (χ1) is 13.4. The number of fused-ring (bicyclic) bond motifs is 1. The topological polar surface area (TPSA) is 51.0 Å². The predicted octanol–water partition coefficient (Wildman–Crippen LogP) is 3.25. The van der Waals surface area contributed by atoms with Crippen LogP contribution in [0.2, 0.25) is 0 Å². The van der Waals surface area contributed by atoms with Gasteiger partial charge in [-0.15, -0.1) is 0 Å². The molecule has 0 spiro atoms. The number of Topliss-reactive ketones (excluding diaryl/α,β-unsaturated/α-hetero) is 1. The Balaban J connectivity index is 1.49. The van der Waals surface area contributed by atoms with E-state index >= 15 is 0 Å². The fraction of sp³-hybridized carbons (Fsp3) is 0.381. The van der Waals surface area contributed by atoms with Crippen molar-refractivity contribution in [3.63, 3.8) is 0 Å². The molecular weight excluding hydrogens is 362 g/mol. The van der Waals surface area contributed by atoms with Gasteiger partial charge in [-0.1, -0.05) is 12.1 Å². The summed E-state index contributed by atoms with van der Waals surface area (Å²) in [7, 11) is 1.98. The number of benzene rings is 1. The standard InChI is InChI=1S/C21H22F2N4O/c1-13-24-9-19(26(13)2)14-3-4-15-8-25-18(6-16(15)5-14)7-20(28)17-10-27(11-17)12-21(22)23/h3-6,8-9,17,21H,7,10-12H2,1-2H3. The maximum atomic E-state index is 12.4. The molecular formula is C21H22F2N4O. The molecule has 0 amide bonds. The molecule has 0 aliphatic carbocycles. The second-order valence-corrected chi connectivity index (χ2v) is 7.44. The van der Waals surface area contributed by atoms with Crippen LogP contribution in [-0.2, 0) is 18.3 Å². The Morgan fingerprint density at radius 3 is 2.64 bits per heavy atom. The van der Waals surface area contributed by atoms with Gasteiger partial charge in [-0.25, -0.2) is 13.8 Å². The Kier molecular flexibility index (Phi) is 4.93. The third kappa shape index (κ3) is 3.67. The number of nitrogens with zero attached hydrogens (tertiary/aromatic N) is 4. The number of likely N-dealkylation sites (tertiary alicyclic amines) is 1. The monoisotopic (exact) mass is 384 g/mol. The maximum absolute atomic E-state index is 12.4. The van der Waals surface area contributed by atoms with Gasteiger partial charge in [-0.2, -0.15) is 0 Å². The molecule has 0 bridgehead atoms. The number of imidazole rings is 1. The highest BCUT2D eigenvalue weighted by Gasteiger charge is 2.33. The summed E-state index contributed by atoms with van der Waals surface area (Å²) in [6, 6.07) is 8.07. The number of rotatable bonds is 6. The Bertz CT molecular complexity index is 1020. The van der Waals surface area contributed by atoms with Crippen LogP contribution in [0.1, 0.15) is 11.5 Å². The van der Waals surface area contributed by atoms with Crippen LogP contribution in [-0.4, -0.2) is 51.3 Å². The van der Waals surface area contributed by atoms with Crippen molar-refractivity contribution < 1.29 is 13.6 Å². The summed E-state index contributed by atoms with van der Waals surface area (Å²) in [5, 5.41) is 2.02. The minimum absolute atomic E-state index is 0.0655. The number of pyridine rings is 1. The third-order valence-electron chi connectivity index (χ3n) is 5.46. The van der Waals surface area contributed by atoms with E-state index in [2.05, 4.69) is 16.0 Å². The van der Waals surface area contributed by atoms with Crippen LogP contribution in [0.25, 0.3) is 22.0 Å². The molecule has 1 aliphatic heterocycles. The van der Waals surface area contributed by atoms with E-state index in [9.17, 15) is 13.6 Å². The molecule has 0 saturated carbocycles. The number of carbonyl (C=O) groups is 1. The number of hydrogen-bond donors (Lipinski definition) is 0. The molecule has 0 N–H and O–H groups in total. The van der Waals surface area contributed by atoms with E-state index < -0.39 is 6.43 Å². The number of alkyl halides is 2. The number of ketones is 1. The summed E-state index contributed by atoms with van der Waals surface area (Å²) >= 11 is 0. The molecule has 3 aromatic rings. The zero-order valence-corrected chi connectivity index (χ0v) is 15.9. The van der Waals surface area contributed by atoms with Crippen LogP contribution >= 0.6 is 0 Å². The molecule has 1 aromatic carbocycles. The molecule has 0 unspecified atom stereocenters. The minimum atomic E-state index is -2.35. The van der Waals surface area contributed by atoms with Gasteiger partial charge in [0.25, 0.3) is 6.43 Å². The van der Waals surface area contributed by atoms with Crippen molar-refractivity contribution in [3.8, 4) is 11.3 Å². The largest absolute Gasteiger partial charge is 0.331 e. The third-order valence-corrected chi connectivity index (χ3v) is 5.46. The van der Waals surface area contributed by atoms with Crippen molar-refractivity contribution in [2.24, 2.45) is 13.0 Å². The van der Waals surface area contributed by atoms with Crippen LogP contribution in [0.15, 0.2) is 36.7 Å². The molecule has 0 radical (unpaired) electrons. The Morgan fingerprint density at radius 1 is 1.18 bits per heavy atom. The molecule has 3 heterocycles. The van der Waals surface area contributed by atoms with E-state index in [0.29, 0.717) is 18.8 Å². The summed E-state index contributed by atoms with van der Waals surface area (Å²) in [4.78, 5) is 22.8. The quantitative estimate of drug-likeness (QED) is 0.655. The summed E-state index contributed by atoms with van der Waals surface area (Å²) in [6.45, 7) is 2.54. The van der Waals surface area contributed by atoms with Crippen molar-refractivity contribution >= 4 is 16.6 Å². The van der Waals surface area contributed by atoms with Crippen molar-refractivity contribution in [1.82, 2.24) is 19.4 Å². The van der Waals surface area contributed by atoms with Crippen molar-refractivity contribution in [2.75, 3.05) is 19.6 Å². The summed E-state index contributed by atoms with van der Waals surface area (Å²) in [5.41, 5.74) is 2.80. The summed E-state index contributed by atoms with van der Waals surface area (Å²) in [6.07, 6.45) is 1.51. The van der Waals surface area contributed by atoms with Gasteiger partial charge in [-0.05, 0) is 24.4 Å². The van der Waals surface area contributed by atoms with E-state index in [4.69, 9.17) is 0 Å². The second-order valence-electron chi connectivity index (χ2n) is 7.44. The molecule has 4 rings (SSSR count). The Hall–Kier alpha value is -2.67. The van der Waals surface area contributed by atoms with Crippen LogP contribution in [0, 0.1) is 12.8 Å². The van der Waals surface area contributed by atoms with Crippen molar-refractivity contribution in [1.29, 1.82) is 0 Å². The van der Waals surface area contributed by atoms with Gasteiger partial charge < -0.3 is 4.57 Å². The maximum Gasteiger partial charge on any atom is 0.251 e. The zero-order valence-electron chi connectivity index (χ0n) is 15.9. The van der Waals surface area contributed by atoms with E-state index in [1.54, 1.807) is 11.1 Å². The van der Waals surface area contributed by atoms with Gasteiger partial charge in [0, 0.05) is 55.3 Å². The smallest absolute Gasteiger partial charge is 0.251 e. The van der Waals surface area contributed by atoms with Gasteiger partial charge >= 0.3 is 0 Å². The summed E-state index contributed by atoms with van der Waals surface area (Å²) in [5.74, 6) is 0.841. The average molecular weight is 384 g/mol. The summed E-state index contributed by atoms with van der Waals surface area (Å²) < 4.78 is 26.8. The SMILES string of the molecule is Cc1ncc(-c2ccc3cnc(CC(=O)C4CN(CC(F)F)C4)cc3c2)n1C. The van der Waals surface area contributed by atoms with Gasteiger partial charge in [0.2, 0.25) is 0 Å². The fourth-order valence-electron chi connectivity index (χ4n) is 3.65. The lowest BCUT2D eigenvalue weighted by atomic mass is 9.92. The van der Waals surface area contributed by atoms with E-state index in [-0.39, 0.29) is 24.7 Å². The Labute approximate surface area is 162 Å². The number of carbonyl (C=O) groups excluding carboxylic acids is 1. The highest BCUT2D eigenvalue weighted by atomic mass is 19.3. The lowest BCUT2D eigenvalue weighted by Crippen LogP contribution is -2.52. The normalized spacial score (nSPS) is 15.3. The lowest BCUT2D eigenvalue weighted by molar-refractivity contribution is -0.128. The molecule has 146 valence electrons. The first-order valence-corrected chi connectivity index (χ1v) is 9.31. The van der Waals surface area contributed by atoms with Gasteiger partial charge in [0.05, 0.1) is 18.4 Å². The predicted molar refractivity (Wildman–Crippen MR) is 103 cm³/mol. The number of halogens is 2. The van der Waals surface area contributed by atoms with E-state index in [0.717, 1.165) is 27.9 Å². The first kappa shape index (κ1) is 18.7. The van der Waals surface area contributed by atoms with Gasteiger partial charge in [0.1, 0.15) is 11.6 Å². The van der Waals surface area contributed by atoms with Gasteiger partial charge in [-0.3, -0.25) is 14.7 Å². The lowest BCUT2D eigenvalue weighted by Gasteiger charge is -2.37. The van der Waals surface area contributed by atoms with Crippen molar-refractivity contribution in [3.05, 3.63) is 48.2 Å². The zero-order chi connectivity index (χ0) is 19.8. The molecule has 7 heteroatoms. The fourth-order valence-corrected chi connectivity index (χ4v) is 3.65. The van der Waals surface area contributed by atoms with Crippen LogP contribution in [0.4, 0.5) is 8.78 Å². The van der Waals surface area contributed by atoms with E-state index in [1.165, 1.54) is 0 Å².